The average molecular weight is 178 g/mol. The van der Waals surface area contributed by atoms with Crippen molar-refractivity contribution in [3.05, 3.63) is 24.5 Å². The molecule has 13 heavy (non-hydrogen) atoms. The molecule has 0 aromatic carbocycles. The third-order valence-electron chi connectivity index (χ3n) is 1.60. The van der Waals surface area contributed by atoms with Crippen LogP contribution in [-0.4, -0.2) is 27.7 Å². The molecule has 2 rings (SSSR count). The van der Waals surface area contributed by atoms with Gasteiger partial charge in [0, 0.05) is 25.0 Å². The Morgan fingerprint density at radius 3 is 3.23 bits per heavy atom. The van der Waals surface area contributed by atoms with Gasteiger partial charge in [-0.25, -0.2) is 9.50 Å². The zero-order valence-electron chi connectivity index (χ0n) is 7.05. The molecule has 0 aliphatic rings. The van der Waals surface area contributed by atoms with Crippen LogP contribution < -0.4 is 10.5 Å². The number of nitrogens with zero attached hydrogens (tertiary/aromatic N) is 3. The van der Waals surface area contributed by atoms with Crippen molar-refractivity contribution in [2.45, 2.75) is 0 Å². The van der Waals surface area contributed by atoms with Crippen molar-refractivity contribution < 1.29 is 4.74 Å². The van der Waals surface area contributed by atoms with Crippen LogP contribution >= 0.6 is 0 Å². The first-order valence-electron chi connectivity index (χ1n) is 4.03. The third kappa shape index (κ3) is 1.59. The Labute approximate surface area is 75.1 Å². The molecule has 0 fully saturated rings. The van der Waals surface area contributed by atoms with E-state index in [1.807, 2.05) is 6.07 Å². The Kier molecular flexibility index (Phi) is 2.09. The average Bonchev–Trinajstić information content (AvgIpc) is 2.61. The zero-order valence-corrected chi connectivity index (χ0v) is 7.05. The maximum atomic E-state index is 5.30. The maximum absolute atomic E-state index is 5.30. The minimum Gasteiger partial charge on any atom is -0.475 e. The van der Waals surface area contributed by atoms with E-state index in [0.717, 1.165) is 5.65 Å². The minimum absolute atomic E-state index is 0.479. The highest BCUT2D eigenvalue weighted by molar-refractivity contribution is 5.37. The molecule has 0 aliphatic carbocycles. The molecule has 0 aliphatic heterocycles. The van der Waals surface area contributed by atoms with Crippen LogP contribution in [0.1, 0.15) is 0 Å². The number of imidazole rings is 1. The van der Waals surface area contributed by atoms with E-state index >= 15 is 0 Å². The lowest BCUT2D eigenvalue weighted by molar-refractivity contribution is 0.310. The highest BCUT2D eigenvalue weighted by atomic mass is 16.5. The summed E-state index contributed by atoms with van der Waals surface area (Å²) in [6.07, 6.45) is 3.46. The molecule has 0 spiro atoms. The van der Waals surface area contributed by atoms with E-state index in [-0.39, 0.29) is 0 Å². The van der Waals surface area contributed by atoms with Crippen molar-refractivity contribution in [2.75, 3.05) is 13.2 Å². The smallest absolute Gasteiger partial charge is 0.231 e. The summed E-state index contributed by atoms with van der Waals surface area (Å²) >= 11 is 0. The number of fused-ring (bicyclic) bond motifs is 1. The monoisotopic (exact) mass is 178 g/mol. The van der Waals surface area contributed by atoms with E-state index in [4.69, 9.17) is 10.5 Å². The Balaban J connectivity index is 2.26. The van der Waals surface area contributed by atoms with Crippen LogP contribution in [0.25, 0.3) is 5.65 Å². The summed E-state index contributed by atoms with van der Waals surface area (Å²) in [5.41, 5.74) is 6.10. The van der Waals surface area contributed by atoms with E-state index in [1.54, 1.807) is 23.0 Å². The highest BCUT2D eigenvalue weighted by Crippen LogP contribution is 2.06. The number of ether oxygens (including phenoxy) is 1. The SMILES string of the molecule is NCCOc1ccc2nccn2n1. The van der Waals surface area contributed by atoms with Gasteiger partial charge in [0.05, 0.1) is 0 Å². The molecule has 5 nitrogen and oxygen atoms in total. The molecule has 0 saturated carbocycles. The van der Waals surface area contributed by atoms with Gasteiger partial charge >= 0.3 is 0 Å². The fraction of sp³-hybridized carbons (Fsp3) is 0.250. The summed E-state index contributed by atoms with van der Waals surface area (Å²) in [6.45, 7) is 0.969. The molecular weight excluding hydrogens is 168 g/mol. The van der Waals surface area contributed by atoms with Crippen LogP contribution in [0.5, 0.6) is 5.88 Å². The second-order valence-corrected chi connectivity index (χ2v) is 2.54. The fourth-order valence-corrected chi connectivity index (χ4v) is 1.04. The molecule has 2 aromatic heterocycles. The summed E-state index contributed by atoms with van der Waals surface area (Å²) in [5.74, 6) is 0.566. The van der Waals surface area contributed by atoms with Crippen LogP contribution in [0.4, 0.5) is 0 Å². The molecule has 0 amide bonds. The van der Waals surface area contributed by atoms with Gasteiger partial charge < -0.3 is 10.5 Å². The van der Waals surface area contributed by atoms with Gasteiger partial charge in [-0.05, 0) is 6.07 Å². The van der Waals surface area contributed by atoms with Crippen molar-refractivity contribution in [1.82, 2.24) is 14.6 Å². The molecule has 0 bridgehead atoms. The first kappa shape index (κ1) is 8.00. The van der Waals surface area contributed by atoms with Gasteiger partial charge in [-0.1, -0.05) is 0 Å². The number of aromatic nitrogens is 3. The molecule has 5 heteroatoms. The third-order valence-corrected chi connectivity index (χ3v) is 1.60. The van der Waals surface area contributed by atoms with Crippen molar-refractivity contribution in [1.29, 1.82) is 0 Å². The van der Waals surface area contributed by atoms with E-state index in [0.29, 0.717) is 19.0 Å². The van der Waals surface area contributed by atoms with Crippen LogP contribution in [0.15, 0.2) is 24.5 Å². The lowest BCUT2D eigenvalue weighted by Crippen LogP contribution is -2.11. The van der Waals surface area contributed by atoms with Crippen molar-refractivity contribution >= 4 is 5.65 Å². The lowest BCUT2D eigenvalue weighted by Gasteiger charge is -2.02. The van der Waals surface area contributed by atoms with Crippen molar-refractivity contribution in [3.63, 3.8) is 0 Å². The van der Waals surface area contributed by atoms with Crippen LogP contribution in [0.2, 0.25) is 0 Å². The summed E-state index contributed by atoms with van der Waals surface area (Å²) in [4.78, 5) is 4.06. The van der Waals surface area contributed by atoms with Gasteiger partial charge in [0.15, 0.2) is 5.65 Å². The van der Waals surface area contributed by atoms with Gasteiger partial charge in [-0.3, -0.25) is 0 Å². The van der Waals surface area contributed by atoms with Gasteiger partial charge in [-0.2, -0.15) is 0 Å². The standard InChI is InChI=1S/C8H10N4O/c9-3-6-13-8-2-1-7-10-4-5-12(7)11-8/h1-2,4-5H,3,6,9H2. The molecular formula is C8H10N4O. The number of hydrogen-bond donors (Lipinski definition) is 1. The molecule has 2 heterocycles. The fourth-order valence-electron chi connectivity index (χ4n) is 1.04. The van der Waals surface area contributed by atoms with Gasteiger partial charge in [0.2, 0.25) is 5.88 Å². The normalized spacial score (nSPS) is 10.5. The summed E-state index contributed by atoms with van der Waals surface area (Å²) in [6, 6.07) is 3.62. The Hall–Kier alpha value is -1.62. The number of rotatable bonds is 3. The zero-order chi connectivity index (χ0) is 9.10. The molecule has 68 valence electrons. The second-order valence-electron chi connectivity index (χ2n) is 2.54. The molecule has 0 radical (unpaired) electrons. The number of nitrogens with two attached hydrogens (primary N) is 1. The molecule has 0 saturated heterocycles. The minimum atomic E-state index is 0.479. The van der Waals surface area contributed by atoms with E-state index in [9.17, 15) is 0 Å². The molecule has 0 atom stereocenters. The Bertz CT molecular complexity index is 398. The molecule has 0 unspecified atom stereocenters. The first-order chi connectivity index (χ1) is 6.40. The van der Waals surface area contributed by atoms with Gasteiger partial charge in [-0.15, -0.1) is 5.10 Å². The van der Waals surface area contributed by atoms with E-state index in [2.05, 4.69) is 10.1 Å². The number of hydrogen-bond acceptors (Lipinski definition) is 4. The van der Waals surface area contributed by atoms with Crippen molar-refractivity contribution in [3.8, 4) is 5.88 Å². The van der Waals surface area contributed by atoms with E-state index < -0.39 is 0 Å². The Morgan fingerprint density at radius 1 is 1.46 bits per heavy atom. The molecule has 2 aromatic rings. The predicted molar refractivity (Wildman–Crippen MR) is 47.5 cm³/mol. The second kappa shape index (κ2) is 3.40. The predicted octanol–water partition coefficient (Wildman–Crippen LogP) is 0.0668. The largest absolute Gasteiger partial charge is 0.475 e. The van der Waals surface area contributed by atoms with Gasteiger partial charge in [0.1, 0.15) is 6.61 Å². The molecule has 2 N–H and O–H groups in total. The van der Waals surface area contributed by atoms with Crippen LogP contribution in [0, 0.1) is 0 Å². The van der Waals surface area contributed by atoms with Gasteiger partial charge in [0.25, 0.3) is 0 Å². The van der Waals surface area contributed by atoms with Crippen LogP contribution in [-0.2, 0) is 0 Å². The van der Waals surface area contributed by atoms with E-state index in [1.165, 1.54) is 0 Å². The highest BCUT2D eigenvalue weighted by Gasteiger charge is 1.97. The van der Waals surface area contributed by atoms with Crippen molar-refractivity contribution in [2.24, 2.45) is 5.73 Å². The lowest BCUT2D eigenvalue weighted by atomic mass is 10.5. The quantitative estimate of drug-likeness (QED) is 0.722. The Morgan fingerprint density at radius 2 is 2.38 bits per heavy atom. The summed E-state index contributed by atoms with van der Waals surface area (Å²) in [7, 11) is 0. The first-order valence-corrected chi connectivity index (χ1v) is 4.03. The summed E-state index contributed by atoms with van der Waals surface area (Å²) in [5, 5.41) is 4.15. The van der Waals surface area contributed by atoms with Crippen LogP contribution in [0.3, 0.4) is 0 Å². The topological polar surface area (TPSA) is 65.4 Å². The maximum Gasteiger partial charge on any atom is 0.231 e. The summed E-state index contributed by atoms with van der Waals surface area (Å²) < 4.78 is 6.91.